The van der Waals surface area contributed by atoms with Gasteiger partial charge in [-0.1, -0.05) is 61.9 Å². The average Bonchev–Trinajstić information content (AvgIpc) is 2.64. The largest absolute Gasteiger partial charge is 0.347 e. The standard InChI is InChI=1S/C21H28N2O3S/c1-5-19(17-10-8-7-9-11-17)22-21(24)20(6-2)23(27(4,25)26)18-14-12-16(3)13-15-18/h7-15,19-20H,5-6H2,1-4H3,(H,22,24)/t19-,20-/m0/s1. The molecule has 0 heterocycles. The maximum Gasteiger partial charge on any atom is 0.244 e. The molecule has 0 aliphatic carbocycles. The zero-order valence-corrected chi connectivity index (χ0v) is 17.2. The molecule has 0 radical (unpaired) electrons. The third-order valence-electron chi connectivity index (χ3n) is 4.54. The molecule has 6 heteroatoms. The highest BCUT2D eigenvalue weighted by molar-refractivity contribution is 7.92. The van der Waals surface area contributed by atoms with Crippen molar-refractivity contribution in [1.29, 1.82) is 0 Å². The molecule has 0 unspecified atom stereocenters. The van der Waals surface area contributed by atoms with Crippen LogP contribution >= 0.6 is 0 Å². The predicted molar refractivity (Wildman–Crippen MR) is 110 cm³/mol. The van der Waals surface area contributed by atoms with Gasteiger partial charge >= 0.3 is 0 Å². The fourth-order valence-corrected chi connectivity index (χ4v) is 4.34. The molecule has 0 bridgehead atoms. The van der Waals surface area contributed by atoms with Gasteiger partial charge in [0.15, 0.2) is 0 Å². The van der Waals surface area contributed by atoms with Crippen molar-refractivity contribution in [3.05, 3.63) is 65.7 Å². The number of carbonyl (C=O) groups excluding carboxylic acids is 1. The number of aryl methyl sites for hydroxylation is 1. The van der Waals surface area contributed by atoms with Crippen molar-refractivity contribution in [3.8, 4) is 0 Å². The summed E-state index contributed by atoms with van der Waals surface area (Å²) >= 11 is 0. The molecule has 1 N–H and O–H groups in total. The Bertz CT molecular complexity index is 849. The minimum atomic E-state index is -3.62. The third kappa shape index (κ3) is 5.32. The summed E-state index contributed by atoms with van der Waals surface area (Å²) in [5.41, 5.74) is 2.53. The van der Waals surface area contributed by atoms with E-state index in [0.29, 0.717) is 12.1 Å². The van der Waals surface area contributed by atoms with Gasteiger partial charge in [-0.3, -0.25) is 9.10 Å². The number of benzene rings is 2. The molecule has 0 aliphatic rings. The van der Waals surface area contributed by atoms with E-state index in [1.165, 1.54) is 4.31 Å². The SMILES string of the molecule is CC[C@H](NC(=O)[C@H](CC)N(c1ccc(C)cc1)S(C)(=O)=O)c1ccccc1. The Labute approximate surface area is 162 Å². The van der Waals surface area contributed by atoms with Crippen LogP contribution in [0.25, 0.3) is 0 Å². The van der Waals surface area contributed by atoms with Gasteiger partial charge in [-0.15, -0.1) is 0 Å². The lowest BCUT2D eigenvalue weighted by molar-refractivity contribution is -0.123. The summed E-state index contributed by atoms with van der Waals surface area (Å²) in [4.78, 5) is 13.0. The Hall–Kier alpha value is -2.34. The van der Waals surface area contributed by atoms with E-state index in [4.69, 9.17) is 0 Å². The lowest BCUT2D eigenvalue weighted by atomic mass is 10.0. The molecule has 146 valence electrons. The molecular weight excluding hydrogens is 360 g/mol. The van der Waals surface area contributed by atoms with Crippen molar-refractivity contribution in [1.82, 2.24) is 5.32 Å². The molecular formula is C21H28N2O3S. The van der Waals surface area contributed by atoms with E-state index in [1.54, 1.807) is 12.1 Å². The molecule has 2 atom stereocenters. The molecule has 2 aromatic rings. The third-order valence-corrected chi connectivity index (χ3v) is 5.72. The topological polar surface area (TPSA) is 66.5 Å². The van der Waals surface area contributed by atoms with Gasteiger partial charge in [0.1, 0.15) is 6.04 Å². The van der Waals surface area contributed by atoms with Crippen molar-refractivity contribution in [2.75, 3.05) is 10.6 Å². The molecule has 0 saturated carbocycles. The van der Waals surface area contributed by atoms with Crippen molar-refractivity contribution in [3.63, 3.8) is 0 Å². The van der Waals surface area contributed by atoms with Gasteiger partial charge in [-0.05, 0) is 37.5 Å². The van der Waals surface area contributed by atoms with Gasteiger partial charge in [0, 0.05) is 0 Å². The molecule has 5 nitrogen and oxygen atoms in total. The number of hydrogen-bond acceptors (Lipinski definition) is 3. The van der Waals surface area contributed by atoms with Gasteiger partial charge in [0.2, 0.25) is 15.9 Å². The smallest absolute Gasteiger partial charge is 0.244 e. The molecule has 27 heavy (non-hydrogen) atoms. The Kier molecular flexibility index (Phi) is 7.02. The fraction of sp³-hybridized carbons (Fsp3) is 0.381. The predicted octanol–water partition coefficient (Wildman–Crippen LogP) is 3.81. The van der Waals surface area contributed by atoms with E-state index in [-0.39, 0.29) is 11.9 Å². The summed E-state index contributed by atoms with van der Waals surface area (Å²) in [6, 6.07) is 15.9. The van der Waals surface area contributed by atoms with Crippen LogP contribution in [0.2, 0.25) is 0 Å². The van der Waals surface area contributed by atoms with Gasteiger partial charge in [0.25, 0.3) is 0 Å². The summed E-state index contributed by atoms with van der Waals surface area (Å²) in [5.74, 6) is -0.292. The van der Waals surface area contributed by atoms with Gasteiger partial charge in [-0.2, -0.15) is 0 Å². The van der Waals surface area contributed by atoms with E-state index < -0.39 is 16.1 Å². The minimum Gasteiger partial charge on any atom is -0.347 e. The molecule has 0 saturated heterocycles. The number of nitrogens with zero attached hydrogens (tertiary/aromatic N) is 1. The second-order valence-electron chi connectivity index (χ2n) is 6.70. The lowest BCUT2D eigenvalue weighted by Crippen LogP contribution is -2.50. The number of amides is 1. The van der Waals surface area contributed by atoms with Gasteiger partial charge in [-0.25, -0.2) is 8.42 Å². The number of carbonyl (C=O) groups is 1. The van der Waals surface area contributed by atoms with Crippen LogP contribution in [0.1, 0.15) is 43.9 Å². The second kappa shape index (κ2) is 9.04. The van der Waals surface area contributed by atoms with Crippen LogP contribution in [0.5, 0.6) is 0 Å². The first-order valence-corrected chi connectivity index (χ1v) is 11.0. The summed E-state index contributed by atoms with van der Waals surface area (Å²) in [6.45, 7) is 5.75. The zero-order chi connectivity index (χ0) is 20.0. The van der Waals surface area contributed by atoms with Crippen LogP contribution in [0, 0.1) is 6.92 Å². The molecule has 0 spiro atoms. The van der Waals surface area contributed by atoms with E-state index in [0.717, 1.165) is 23.8 Å². The first-order valence-electron chi connectivity index (χ1n) is 9.19. The lowest BCUT2D eigenvalue weighted by Gasteiger charge is -2.31. The summed E-state index contributed by atoms with van der Waals surface area (Å²) in [5, 5.41) is 3.02. The number of hydrogen-bond donors (Lipinski definition) is 1. The molecule has 2 rings (SSSR count). The van der Waals surface area contributed by atoms with E-state index >= 15 is 0 Å². The van der Waals surface area contributed by atoms with Crippen molar-refractivity contribution in [2.24, 2.45) is 0 Å². The Balaban J connectivity index is 2.32. The van der Waals surface area contributed by atoms with Crippen LogP contribution in [0.3, 0.4) is 0 Å². The fourth-order valence-electron chi connectivity index (χ4n) is 3.13. The highest BCUT2D eigenvalue weighted by Crippen LogP contribution is 2.24. The van der Waals surface area contributed by atoms with Gasteiger partial charge in [0.05, 0.1) is 18.0 Å². The first-order chi connectivity index (χ1) is 12.8. The Morgan fingerprint density at radius 1 is 1.00 bits per heavy atom. The number of sulfonamides is 1. The molecule has 0 aliphatic heterocycles. The highest BCUT2D eigenvalue weighted by atomic mass is 32.2. The van der Waals surface area contributed by atoms with Crippen LogP contribution in [0.4, 0.5) is 5.69 Å². The molecule has 0 aromatic heterocycles. The first kappa shape index (κ1) is 21.0. The van der Waals surface area contributed by atoms with E-state index in [2.05, 4.69) is 5.32 Å². The van der Waals surface area contributed by atoms with E-state index in [1.807, 2.05) is 63.2 Å². The summed E-state index contributed by atoms with van der Waals surface area (Å²) in [6.07, 6.45) is 2.23. The zero-order valence-electron chi connectivity index (χ0n) is 16.3. The molecule has 0 fully saturated rings. The van der Waals surface area contributed by atoms with Crippen LogP contribution in [-0.2, 0) is 14.8 Å². The monoisotopic (exact) mass is 388 g/mol. The van der Waals surface area contributed by atoms with Crippen molar-refractivity contribution >= 4 is 21.6 Å². The van der Waals surface area contributed by atoms with Crippen LogP contribution < -0.4 is 9.62 Å². The minimum absolute atomic E-state index is 0.160. The maximum atomic E-state index is 13.0. The van der Waals surface area contributed by atoms with Crippen LogP contribution in [0.15, 0.2) is 54.6 Å². The van der Waals surface area contributed by atoms with E-state index in [9.17, 15) is 13.2 Å². The van der Waals surface area contributed by atoms with Crippen molar-refractivity contribution < 1.29 is 13.2 Å². The number of anilines is 1. The van der Waals surface area contributed by atoms with Gasteiger partial charge < -0.3 is 5.32 Å². The highest BCUT2D eigenvalue weighted by Gasteiger charge is 2.32. The Morgan fingerprint density at radius 3 is 2.07 bits per heavy atom. The quantitative estimate of drug-likeness (QED) is 0.748. The Morgan fingerprint density at radius 2 is 1.59 bits per heavy atom. The van der Waals surface area contributed by atoms with Crippen molar-refractivity contribution in [2.45, 2.75) is 45.7 Å². The normalized spacial score (nSPS) is 13.6. The average molecular weight is 389 g/mol. The second-order valence-corrected chi connectivity index (χ2v) is 8.56. The van der Waals surface area contributed by atoms with Crippen LogP contribution in [-0.4, -0.2) is 26.6 Å². The molecule has 2 aromatic carbocycles. The maximum absolute atomic E-state index is 13.0. The number of nitrogens with one attached hydrogen (secondary N) is 1. The molecule has 1 amide bonds. The summed E-state index contributed by atoms with van der Waals surface area (Å²) in [7, 11) is -3.62. The summed E-state index contributed by atoms with van der Waals surface area (Å²) < 4.78 is 26.2. The number of rotatable bonds is 8.